The van der Waals surface area contributed by atoms with E-state index in [9.17, 15) is 4.57 Å². The maximum Gasteiger partial charge on any atom is 0.335 e. The second-order valence-corrected chi connectivity index (χ2v) is 5.77. The van der Waals surface area contributed by atoms with Crippen LogP contribution in [0.3, 0.4) is 0 Å². The first kappa shape index (κ1) is 14.1. The van der Waals surface area contributed by atoms with E-state index in [1.165, 1.54) is 0 Å². The van der Waals surface area contributed by atoms with Gasteiger partial charge in [-0.05, 0) is 27.2 Å². The molecular weight excluding hydrogens is 231 g/mol. The van der Waals surface area contributed by atoms with E-state index in [-0.39, 0.29) is 12.3 Å². The molecule has 1 fully saturated rings. The van der Waals surface area contributed by atoms with Crippen molar-refractivity contribution in [1.82, 2.24) is 0 Å². The minimum absolute atomic E-state index is 0.135. The minimum atomic E-state index is -3.06. The van der Waals surface area contributed by atoms with Gasteiger partial charge in [-0.1, -0.05) is 0 Å². The molecule has 0 aromatic carbocycles. The predicted molar refractivity (Wildman–Crippen MR) is 60.6 cm³/mol. The molecule has 1 rings (SSSR count). The lowest BCUT2D eigenvalue weighted by atomic mass is 10.3. The van der Waals surface area contributed by atoms with Gasteiger partial charge in [0.15, 0.2) is 6.29 Å². The van der Waals surface area contributed by atoms with Gasteiger partial charge in [0.1, 0.15) is 6.16 Å². The van der Waals surface area contributed by atoms with Crippen LogP contribution in [0.1, 0.15) is 27.2 Å². The highest BCUT2D eigenvalue weighted by Gasteiger charge is 2.32. The standard InChI is InChI=1S/C10H21O5P/c1-4-13-16(11,14-5-2)8-10-12-7-6-9(3)15-10/h9-10H,4-8H2,1-3H3. The zero-order valence-electron chi connectivity index (χ0n) is 10.2. The van der Waals surface area contributed by atoms with Crippen LogP contribution < -0.4 is 0 Å². The fourth-order valence-electron chi connectivity index (χ4n) is 1.55. The van der Waals surface area contributed by atoms with E-state index in [1.807, 2.05) is 6.92 Å². The first-order chi connectivity index (χ1) is 7.59. The van der Waals surface area contributed by atoms with Gasteiger partial charge in [-0.2, -0.15) is 0 Å². The molecule has 96 valence electrons. The second-order valence-electron chi connectivity index (χ2n) is 3.66. The van der Waals surface area contributed by atoms with Crippen molar-refractivity contribution in [1.29, 1.82) is 0 Å². The Hall–Kier alpha value is 0.0700. The van der Waals surface area contributed by atoms with Crippen molar-refractivity contribution in [3.63, 3.8) is 0 Å². The summed E-state index contributed by atoms with van der Waals surface area (Å²) in [6.07, 6.45) is 0.687. The van der Waals surface area contributed by atoms with Crippen molar-refractivity contribution in [2.45, 2.75) is 39.6 Å². The van der Waals surface area contributed by atoms with Crippen LogP contribution in [0.2, 0.25) is 0 Å². The number of hydrogen-bond donors (Lipinski definition) is 0. The SMILES string of the molecule is CCOP(=O)(CC1OCCC(C)O1)OCC. The lowest BCUT2D eigenvalue weighted by Gasteiger charge is -2.30. The van der Waals surface area contributed by atoms with Gasteiger partial charge in [-0.15, -0.1) is 0 Å². The molecule has 1 aliphatic rings. The Morgan fingerprint density at radius 3 is 2.44 bits per heavy atom. The van der Waals surface area contributed by atoms with Gasteiger partial charge in [0.05, 0.1) is 25.9 Å². The van der Waals surface area contributed by atoms with Gasteiger partial charge < -0.3 is 18.5 Å². The molecule has 5 nitrogen and oxygen atoms in total. The maximum atomic E-state index is 12.2. The number of ether oxygens (including phenoxy) is 2. The first-order valence-corrected chi connectivity index (χ1v) is 7.47. The van der Waals surface area contributed by atoms with Crippen molar-refractivity contribution in [2.75, 3.05) is 26.0 Å². The van der Waals surface area contributed by atoms with Gasteiger partial charge in [0.25, 0.3) is 0 Å². The average Bonchev–Trinajstić information content (AvgIpc) is 2.17. The summed E-state index contributed by atoms with van der Waals surface area (Å²) in [6, 6.07) is 0. The van der Waals surface area contributed by atoms with Crippen LogP contribution in [-0.4, -0.2) is 38.4 Å². The Balaban J connectivity index is 2.50. The smallest absolute Gasteiger partial charge is 0.335 e. The Kier molecular flexibility index (Phi) is 5.94. The molecule has 2 atom stereocenters. The highest BCUT2D eigenvalue weighted by Crippen LogP contribution is 2.49. The quantitative estimate of drug-likeness (QED) is 0.679. The van der Waals surface area contributed by atoms with Crippen LogP contribution in [0.5, 0.6) is 0 Å². The molecule has 0 aromatic rings. The van der Waals surface area contributed by atoms with Gasteiger partial charge in [0, 0.05) is 0 Å². The second kappa shape index (κ2) is 6.72. The van der Waals surface area contributed by atoms with E-state index >= 15 is 0 Å². The van der Waals surface area contributed by atoms with Crippen LogP contribution in [0, 0.1) is 0 Å². The van der Waals surface area contributed by atoms with Crippen molar-refractivity contribution in [2.24, 2.45) is 0 Å². The molecule has 16 heavy (non-hydrogen) atoms. The fourth-order valence-corrected chi connectivity index (χ4v) is 3.18. The zero-order valence-corrected chi connectivity index (χ0v) is 11.1. The van der Waals surface area contributed by atoms with Crippen molar-refractivity contribution in [3.05, 3.63) is 0 Å². The van der Waals surface area contributed by atoms with Crippen LogP contribution in [0.25, 0.3) is 0 Å². The largest absolute Gasteiger partial charge is 0.352 e. The lowest BCUT2D eigenvalue weighted by molar-refractivity contribution is -0.196. The molecular formula is C10H21O5P. The van der Waals surface area contributed by atoms with E-state index in [0.29, 0.717) is 19.8 Å². The van der Waals surface area contributed by atoms with Crippen LogP contribution in [0.15, 0.2) is 0 Å². The third kappa shape index (κ3) is 4.52. The Bertz CT molecular complexity index is 235. The third-order valence-electron chi connectivity index (χ3n) is 2.24. The summed E-state index contributed by atoms with van der Waals surface area (Å²) < 4.78 is 33.4. The molecule has 0 aliphatic carbocycles. The molecule has 0 bridgehead atoms. The minimum Gasteiger partial charge on any atom is -0.352 e. The van der Waals surface area contributed by atoms with Gasteiger partial charge >= 0.3 is 7.60 Å². The summed E-state index contributed by atoms with van der Waals surface area (Å²) in [4.78, 5) is 0. The summed E-state index contributed by atoms with van der Waals surface area (Å²) in [5.41, 5.74) is 0. The first-order valence-electron chi connectivity index (χ1n) is 5.75. The Morgan fingerprint density at radius 2 is 1.94 bits per heavy atom. The highest BCUT2D eigenvalue weighted by molar-refractivity contribution is 7.53. The Labute approximate surface area is 96.9 Å². The van der Waals surface area contributed by atoms with Crippen molar-refractivity contribution < 1.29 is 23.1 Å². The predicted octanol–water partition coefficient (Wildman–Crippen LogP) is 2.40. The summed E-state index contributed by atoms with van der Waals surface area (Å²) >= 11 is 0. The molecule has 0 amide bonds. The summed E-state index contributed by atoms with van der Waals surface area (Å²) in [5.74, 6) is 0. The molecule has 1 saturated heterocycles. The van der Waals surface area contributed by atoms with Crippen LogP contribution >= 0.6 is 7.60 Å². The average molecular weight is 252 g/mol. The fraction of sp³-hybridized carbons (Fsp3) is 1.00. The van der Waals surface area contributed by atoms with E-state index in [1.54, 1.807) is 13.8 Å². The lowest BCUT2D eigenvalue weighted by Crippen LogP contribution is -2.33. The molecule has 2 unspecified atom stereocenters. The molecule has 1 heterocycles. The highest BCUT2D eigenvalue weighted by atomic mass is 31.2. The maximum absolute atomic E-state index is 12.2. The van der Waals surface area contributed by atoms with Gasteiger partial charge in [-0.25, -0.2) is 0 Å². The summed E-state index contributed by atoms with van der Waals surface area (Å²) in [5, 5.41) is 0. The van der Waals surface area contributed by atoms with Crippen molar-refractivity contribution in [3.8, 4) is 0 Å². The molecule has 0 aromatic heterocycles. The molecule has 1 aliphatic heterocycles. The summed E-state index contributed by atoms with van der Waals surface area (Å²) in [6.45, 7) is 6.90. The monoisotopic (exact) mass is 252 g/mol. The molecule has 6 heteroatoms. The molecule has 0 saturated carbocycles. The normalized spacial score (nSPS) is 26.9. The summed E-state index contributed by atoms with van der Waals surface area (Å²) in [7, 11) is -3.06. The van der Waals surface area contributed by atoms with E-state index in [2.05, 4.69) is 0 Å². The number of hydrogen-bond acceptors (Lipinski definition) is 5. The van der Waals surface area contributed by atoms with Crippen LogP contribution in [-0.2, 0) is 23.1 Å². The van der Waals surface area contributed by atoms with E-state index in [0.717, 1.165) is 6.42 Å². The van der Waals surface area contributed by atoms with E-state index < -0.39 is 13.9 Å². The van der Waals surface area contributed by atoms with Crippen LogP contribution in [0.4, 0.5) is 0 Å². The van der Waals surface area contributed by atoms with E-state index in [4.69, 9.17) is 18.5 Å². The van der Waals surface area contributed by atoms with Crippen molar-refractivity contribution >= 4 is 7.60 Å². The van der Waals surface area contributed by atoms with Gasteiger partial charge in [0.2, 0.25) is 0 Å². The van der Waals surface area contributed by atoms with Gasteiger partial charge in [-0.3, -0.25) is 4.57 Å². The zero-order chi connectivity index (χ0) is 12.0. The molecule has 0 N–H and O–H groups in total. The molecule has 0 spiro atoms. The third-order valence-corrected chi connectivity index (χ3v) is 4.29. The Morgan fingerprint density at radius 1 is 1.31 bits per heavy atom. The molecule has 0 radical (unpaired) electrons. The number of rotatable bonds is 6. The topological polar surface area (TPSA) is 54.0 Å².